The summed E-state index contributed by atoms with van der Waals surface area (Å²) >= 11 is 3.52. The number of carbonyl (C=O) groups excluding carboxylic acids is 2. The molecule has 2 unspecified atom stereocenters. The quantitative estimate of drug-likeness (QED) is 0.174. The molecule has 4 aromatic carbocycles. The van der Waals surface area contributed by atoms with Gasteiger partial charge in [-0.1, -0.05) is 84.9 Å². The molecule has 0 saturated carbocycles. The fourth-order valence-corrected chi connectivity index (χ4v) is 5.58. The minimum atomic E-state index is -1.17. The van der Waals surface area contributed by atoms with E-state index in [9.17, 15) is 14.7 Å². The summed E-state index contributed by atoms with van der Waals surface area (Å²) in [6.45, 7) is 5.68. The molecule has 1 amide bonds. The Morgan fingerprint density at radius 2 is 1.53 bits per heavy atom. The van der Waals surface area contributed by atoms with Crippen LogP contribution in [0, 0.1) is 0 Å². The smallest absolute Gasteiger partial charge is 0.408 e. The summed E-state index contributed by atoms with van der Waals surface area (Å²) in [5.74, 6) is -0.0355. The number of aliphatic hydroxyl groups is 1. The fraction of sp³-hybridized carbons (Fsp3) is 0.278. The van der Waals surface area contributed by atoms with E-state index in [1.54, 1.807) is 20.8 Å². The third-order valence-electron chi connectivity index (χ3n) is 7.14. The molecule has 0 aromatic heterocycles. The number of para-hydroxylation sites is 1. The van der Waals surface area contributed by atoms with Crippen molar-refractivity contribution in [2.75, 3.05) is 0 Å². The summed E-state index contributed by atoms with van der Waals surface area (Å²) < 4.78 is 23.9. The Bertz CT molecular complexity index is 1620. The fourth-order valence-electron chi connectivity index (χ4n) is 5.10. The van der Waals surface area contributed by atoms with Crippen LogP contribution in [0.5, 0.6) is 11.5 Å². The molecule has 1 heterocycles. The number of hydrogen-bond acceptors (Lipinski definition) is 7. The molecule has 0 spiro atoms. The topological polar surface area (TPSA) is 103 Å². The minimum absolute atomic E-state index is 0.0554. The monoisotopic (exact) mass is 673 g/mol. The standard InChI is InChI=1S/C36H36BrNO7/c1-36(2,3)45-33(39)29(38-35(41)43-22-24-13-8-5-9-14-24)20-25-17-18-30(42-21-23-11-6-4-7-12-23)27(19-25)31-26-15-10-16-28(37)32(26)44-34(31)40/h4-19,29,31,34,40H,20-22H2,1-3H3,(H,38,41)/t29-,31?,34?/m0/s1. The van der Waals surface area contributed by atoms with E-state index in [2.05, 4.69) is 21.2 Å². The summed E-state index contributed by atoms with van der Waals surface area (Å²) in [6, 6.07) is 29.2. The Hall–Kier alpha value is -4.34. The molecular formula is C36H36BrNO7. The average Bonchev–Trinajstić information content (AvgIpc) is 3.36. The van der Waals surface area contributed by atoms with E-state index in [0.29, 0.717) is 29.2 Å². The molecule has 1 aliphatic rings. The number of rotatable bonds is 10. The molecule has 4 aromatic rings. The zero-order chi connectivity index (χ0) is 32.0. The Labute approximate surface area is 271 Å². The van der Waals surface area contributed by atoms with Crippen LogP contribution in [0.25, 0.3) is 0 Å². The van der Waals surface area contributed by atoms with E-state index in [1.165, 1.54) is 0 Å². The number of alkyl carbamates (subject to hydrolysis) is 1. The molecule has 9 heteroatoms. The van der Waals surface area contributed by atoms with Crippen molar-refractivity contribution in [1.82, 2.24) is 5.32 Å². The van der Waals surface area contributed by atoms with E-state index in [4.69, 9.17) is 18.9 Å². The van der Waals surface area contributed by atoms with Gasteiger partial charge in [0.05, 0.1) is 10.4 Å². The number of benzene rings is 4. The first-order chi connectivity index (χ1) is 21.6. The highest BCUT2D eigenvalue weighted by Crippen LogP contribution is 2.47. The molecule has 0 bridgehead atoms. The number of ether oxygens (including phenoxy) is 4. The van der Waals surface area contributed by atoms with E-state index < -0.39 is 35.9 Å². The second kappa shape index (κ2) is 14.2. The first-order valence-corrected chi connectivity index (χ1v) is 15.5. The molecule has 45 heavy (non-hydrogen) atoms. The second-order valence-electron chi connectivity index (χ2n) is 11.8. The van der Waals surface area contributed by atoms with Crippen LogP contribution >= 0.6 is 15.9 Å². The molecule has 1 aliphatic heterocycles. The van der Waals surface area contributed by atoms with Crippen molar-refractivity contribution >= 4 is 28.0 Å². The Kier molecular flexibility index (Phi) is 10.1. The zero-order valence-electron chi connectivity index (χ0n) is 25.4. The largest absolute Gasteiger partial charge is 0.489 e. The van der Waals surface area contributed by atoms with Crippen LogP contribution < -0.4 is 14.8 Å². The van der Waals surface area contributed by atoms with E-state index in [-0.39, 0.29) is 13.0 Å². The molecule has 0 saturated heterocycles. The van der Waals surface area contributed by atoms with E-state index in [0.717, 1.165) is 21.2 Å². The molecule has 8 nitrogen and oxygen atoms in total. The predicted molar refractivity (Wildman–Crippen MR) is 173 cm³/mol. The van der Waals surface area contributed by atoms with Gasteiger partial charge in [0, 0.05) is 17.5 Å². The second-order valence-corrected chi connectivity index (χ2v) is 12.6. The summed E-state index contributed by atoms with van der Waals surface area (Å²) in [7, 11) is 0. The molecule has 0 fully saturated rings. The SMILES string of the molecule is CC(C)(C)OC(=O)[C@H](Cc1ccc(OCc2ccccc2)c(C2c3cccc(Br)c3OC2O)c1)NC(=O)OCc1ccccc1. The molecule has 2 N–H and O–H groups in total. The van der Waals surface area contributed by atoms with Gasteiger partial charge in [0.2, 0.25) is 6.29 Å². The van der Waals surface area contributed by atoms with Gasteiger partial charge in [-0.25, -0.2) is 9.59 Å². The summed E-state index contributed by atoms with van der Waals surface area (Å²) in [5, 5.41) is 13.8. The van der Waals surface area contributed by atoms with Crippen LogP contribution in [-0.2, 0) is 33.9 Å². The van der Waals surface area contributed by atoms with Crippen molar-refractivity contribution in [3.63, 3.8) is 0 Å². The van der Waals surface area contributed by atoms with Crippen LogP contribution in [0.2, 0.25) is 0 Å². The van der Waals surface area contributed by atoms with E-state index >= 15 is 0 Å². The number of aliphatic hydroxyl groups excluding tert-OH is 1. The van der Waals surface area contributed by atoms with Gasteiger partial charge in [-0.05, 0) is 65.5 Å². The Balaban J connectivity index is 1.44. The molecule has 234 valence electrons. The Morgan fingerprint density at radius 1 is 0.867 bits per heavy atom. The number of fused-ring (bicyclic) bond motifs is 1. The highest BCUT2D eigenvalue weighted by molar-refractivity contribution is 9.10. The molecule has 5 rings (SSSR count). The third-order valence-corrected chi connectivity index (χ3v) is 7.76. The number of nitrogens with one attached hydrogen (secondary N) is 1. The normalized spacial score (nSPS) is 16.2. The van der Waals surface area contributed by atoms with Crippen molar-refractivity contribution in [2.45, 2.75) is 64.3 Å². The lowest BCUT2D eigenvalue weighted by atomic mass is 9.89. The predicted octanol–water partition coefficient (Wildman–Crippen LogP) is 7.05. The first kappa shape index (κ1) is 32.1. The summed E-state index contributed by atoms with van der Waals surface area (Å²) in [6.07, 6.45) is -1.80. The average molecular weight is 675 g/mol. The van der Waals surface area contributed by atoms with Crippen LogP contribution in [0.15, 0.2) is 102 Å². The molecule has 0 aliphatic carbocycles. The third kappa shape index (κ3) is 8.44. The van der Waals surface area contributed by atoms with Crippen molar-refractivity contribution in [1.29, 1.82) is 0 Å². The van der Waals surface area contributed by atoms with Gasteiger partial charge >= 0.3 is 12.1 Å². The van der Waals surface area contributed by atoms with E-state index in [1.807, 2.05) is 97.1 Å². The number of carbonyl (C=O) groups is 2. The molecule has 3 atom stereocenters. The number of amides is 1. The lowest BCUT2D eigenvalue weighted by Crippen LogP contribution is -2.45. The highest BCUT2D eigenvalue weighted by atomic mass is 79.9. The van der Waals surface area contributed by atoms with Gasteiger partial charge < -0.3 is 29.4 Å². The maximum atomic E-state index is 13.3. The van der Waals surface area contributed by atoms with Gasteiger partial charge in [0.25, 0.3) is 0 Å². The number of halogens is 1. The van der Waals surface area contributed by atoms with Crippen LogP contribution in [0.3, 0.4) is 0 Å². The number of hydrogen-bond donors (Lipinski definition) is 2. The molecular weight excluding hydrogens is 638 g/mol. The van der Waals surface area contributed by atoms with Gasteiger partial charge in [0.1, 0.15) is 36.4 Å². The zero-order valence-corrected chi connectivity index (χ0v) is 27.0. The van der Waals surface area contributed by atoms with Crippen molar-refractivity contribution in [3.05, 3.63) is 129 Å². The lowest BCUT2D eigenvalue weighted by Gasteiger charge is -2.25. The van der Waals surface area contributed by atoms with Crippen molar-refractivity contribution in [2.24, 2.45) is 0 Å². The van der Waals surface area contributed by atoms with Crippen LogP contribution in [-0.4, -0.2) is 35.1 Å². The van der Waals surface area contributed by atoms with Gasteiger partial charge in [-0.15, -0.1) is 0 Å². The van der Waals surface area contributed by atoms with Gasteiger partial charge in [-0.2, -0.15) is 0 Å². The lowest BCUT2D eigenvalue weighted by molar-refractivity contribution is -0.157. The minimum Gasteiger partial charge on any atom is -0.489 e. The maximum absolute atomic E-state index is 13.3. The highest BCUT2D eigenvalue weighted by Gasteiger charge is 2.38. The Morgan fingerprint density at radius 3 is 2.20 bits per heavy atom. The summed E-state index contributed by atoms with van der Waals surface area (Å²) in [5.41, 5.74) is 3.23. The van der Waals surface area contributed by atoms with Crippen molar-refractivity contribution < 1.29 is 33.6 Å². The van der Waals surface area contributed by atoms with Gasteiger partial charge in [0.15, 0.2) is 0 Å². The first-order valence-electron chi connectivity index (χ1n) is 14.7. The van der Waals surface area contributed by atoms with Crippen LogP contribution in [0.4, 0.5) is 4.79 Å². The van der Waals surface area contributed by atoms with Crippen LogP contribution in [0.1, 0.15) is 54.5 Å². The maximum Gasteiger partial charge on any atom is 0.408 e. The summed E-state index contributed by atoms with van der Waals surface area (Å²) in [4.78, 5) is 26.1. The number of esters is 1. The molecule has 0 radical (unpaired) electrons. The van der Waals surface area contributed by atoms with Crippen molar-refractivity contribution in [3.8, 4) is 11.5 Å². The van der Waals surface area contributed by atoms with Gasteiger partial charge in [-0.3, -0.25) is 0 Å².